The van der Waals surface area contributed by atoms with Gasteiger partial charge in [0.05, 0.1) is 7.11 Å². The van der Waals surface area contributed by atoms with Gasteiger partial charge in [-0.2, -0.15) is 14.0 Å². The highest BCUT2D eigenvalue weighted by Crippen LogP contribution is 2.30. The van der Waals surface area contributed by atoms with E-state index in [0.29, 0.717) is 11.3 Å². The number of benzene rings is 2. The summed E-state index contributed by atoms with van der Waals surface area (Å²) in [4.78, 5) is 12.4. The highest BCUT2D eigenvalue weighted by atomic mass is 19.3. The fraction of sp³-hybridized carbons (Fsp3) is 0.200. The van der Waals surface area contributed by atoms with Crippen LogP contribution in [0.25, 0.3) is 6.08 Å². The highest BCUT2D eigenvalue weighted by Gasteiger charge is 2.14. The number of alkyl halides is 2. The van der Waals surface area contributed by atoms with Crippen molar-refractivity contribution in [3.8, 4) is 17.6 Å². The number of ether oxygens (including phenoxy) is 2. The quantitative estimate of drug-likeness (QED) is 0.600. The Kier molecular flexibility index (Phi) is 6.50. The van der Waals surface area contributed by atoms with Crippen LogP contribution in [0.5, 0.6) is 11.5 Å². The van der Waals surface area contributed by atoms with Gasteiger partial charge in [0.1, 0.15) is 11.6 Å². The van der Waals surface area contributed by atoms with E-state index >= 15 is 0 Å². The summed E-state index contributed by atoms with van der Waals surface area (Å²) in [6.07, 6.45) is 1.29. The van der Waals surface area contributed by atoms with Crippen LogP contribution in [0.1, 0.15) is 16.7 Å². The van der Waals surface area contributed by atoms with Gasteiger partial charge in [-0.1, -0.05) is 18.2 Å². The first-order valence-electron chi connectivity index (χ1n) is 7.97. The predicted molar refractivity (Wildman–Crippen MR) is 97.8 cm³/mol. The van der Waals surface area contributed by atoms with E-state index in [2.05, 4.69) is 10.1 Å². The number of halogens is 2. The number of hydrogen-bond acceptors (Lipinski definition) is 4. The monoisotopic (exact) mass is 372 g/mol. The van der Waals surface area contributed by atoms with Gasteiger partial charge in [-0.25, -0.2) is 0 Å². The van der Waals surface area contributed by atoms with E-state index in [1.54, 1.807) is 6.07 Å². The molecule has 0 saturated carbocycles. The molecule has 140 valence electrons. The zero-order valence-electron chi connectivity index (χ0n) is 15.0. The van der Waals surface area contributed by atoms with E-state index in [4.69, 9.17) is 4.74 Å². The number of amides is 1. The van der Waals surface area contributed by atoms with E-state index in [1.165, 1.54) is 31.4 Å². The van der Waals surface area contributed by atoms with Crippen LogP contribution in [0.4, 0.5) is 14.5 Å². The van der Waals surface area contributed by atoms with Crippen molar-refractivity contribution >= 4 is 17.7 Å². The molecule has 0 aliphatic rings. The summed E-state index contributed by atoms with van der Waals surface area (Å²) < 4.78 is 34.4. The Morgan fingerprint density at radius 2 is 1.93 bits per heavy atom. The lowest BCUT2D eigenvalue weighted by Gasteiger charge is -2.11. The van der Waals surface area contributed by atoms with Crippen LogP contribution < -0.4 is 14.8 Å². The summed E-state index contributed by atoms with van der Waals surface area (Å²) in [5.41, 5.74) is 2.58. The number of rotatable bonds is 6. The molecule has 0 heterocycles. The zero-order chi connectivity index (χ0) is 20.0. The maximum absolute atomic E-state index is 12.5. The highest BCUT2D eigenvalue weighted by molar-refractivity contribution is 6.10. The molecule has 0 aromatic heterocycles. The minimum absolute atomic E-state index is 0.116. The van der Waals surface area contributed by atoms with Gasteiger partial charge in [0.2, 0.25) is 0 Å². The molecule has 27 heavy (non-hydrogen) atoms. The van der Waals surface area contributed by atoms with Gasteiger partial charge < -0.3 is 14.8 Å². The zero-order valence-corrected chi connectivity index (χ0v) is 15.0. The van der Waals surface area contributed by atoms with Crippen LogP contribution in [0.2, 0.25) is 0 Å². The van der Waals surface area contributed by atoms with Crippen molar-refractivity contribution in [2.24, 2.45) is 0 Å². The molecule has 0 fully saturated rings. The molecule has 7 heteroatoms. The minimum atomic E-state index is -3.03. The maximum Gasteiger partial charge on any atom is 0.387 e. The maximum atomic E-state index is 12.5. The second kappa shape index (κ2) is 8.81. The molecule has 1 amide bonds. The number of anilines is 1. The Morgan fingerprint density at radius 1 is 1.19 bits per heavy atom. The molecular weight excluding hydrogens is 354 g/mol. The predicted octanol–water partition coefficient (Wildman–Crippen LogP) is 4.46. The third-order valence-corrected chi connectivity index (χ3v) is 3.72. The van der Waals surface area contributed by atoms with E-state index in [9.17, 15) is 18.8 Å². The van der Waals surface area contributed by atoms with E-state index < -0.39 is 12.5 Å². The van der Waals surface area contributed by atoms with E-state index in [-0.39, 0.29) is 17.1 Å². The second-order valence-electron chi connectivity index (χ2n) is 5.73. The number of carbonyl (C=O) groups is 1. The molecule has 0 radical (unpaired) electrons. The molecule has 2 aromatic rings. The number of methoxy groups -OCH3 is 1. The van der Waals surface area contributed by atoms with Crippen molar-refractivity contribution < 1.29 is 23.0 Å². The number of nitrogens with one attached hydrogen (secondary N) is 1. The molecule has 0 bridgehead atoms. The van der Waals surface area contributed by atoms with Gasteiger partial charge in [0.25, 0.3) is 5.91 Å². The molecule has 0 unspecified atom stereocenters. The van der Waals surface area contributed by atoms with Gasteiger partial charge in [0, 0.05) is 5.69 Å². The SMILES string of the molecule is COc1ccc(/C=C(\C#N)C(=O)Nc2cc(C)ccc2C)cc1OC(F)F. The molecule has 0 saturated heterocycles. The largest absolute Gasteiger partial charge is 0.493 e. The van der Waals surface area contributed by atoms with Gasteiger partial charge in [-0.05, 0) is 54.8 Å². The molecule has 2 rings (SSSR count). The van der Waals surface area contributed by atoms with Crippen LogP contribution in [0.15, 0.2) is 42.0 Å². The first-order valence-corrected chi connectivity index (χ1v) is 7.97. The fourth-order valence-corrected chi connectivity index (χ4v) is 2.35. The molecule has 5 nitrogen and oxygen atoms in total. The minimum Gasteiger partial charge on any atom is -0.493 e. The van der Waals surface area contributed by atoms with Crippen molar-refractivity contribution in [2.45, 2.75) is 20.5 Å². The van der Waals surface area contributed by atoms with Crippen molar-refractivity contribution in [1.82, 2.24) is 0 Å². The lowest BCUT2D eigenvalue weighted by Crippen LogP contribution is -2.14. The van der Waals surface area contributed by atoms with Gasteiger partial charge >= 0.3 is 6.61 Å². The van der Waals surface area contributed by atoms with E-state index in [1.807, 2.05) is 32.0 Å². The molecular formula is C20H18F2N2O3. The molecule has 0 spiro atoms. The summed E-state index contributed by atoms with van der Waals surface area (Å²) in [7, 11) is 1.32. The smallest absolute Gasteiger partial charge is 0.387 e. The summed E-state index contributed by atoms with van der Waals surface area (Å²) >= 11 is 0. The third kappa shape index (κ3) is 5.28. The van der Waals surface area contributed by atoms with E-state index in [0.717, 1.165) is 11.1 Å². The number of hydrogen-bond donors (Lipinski definition) is 1. The average molecular weight is 372 g/mol. The standard InChI is InChI=1S/C20H18F2N2O3/c1-12-4-5-13(2)16(8-12)24-19(25)15(11-23)9-14-6-7-17(26-3)18(10-14)27-20(21)22/h4-10,20H,1-3H3,(H,24,25)/b15-9+. The van der Waals surface area contributed by atoms with Crippen molar-refractivity contribution in [3.05, 3.63) is 58.7 Å². The van der Waals surface area contributed by atoms with Crippen LogP contribution >= 0.6 is 0 Å². The Bertz CT molecular complexity index is 918. The second-order valence-corrected chi connectivity index (χ2v) is 5.73. The van der Waals surface area contributed by atoms with Crippen LogP contribution in [-0.4, -0.2) is 19.6 Å². The topological polar surface area (TPSA) is 71.3 Å². The number of nitriles is 1. The lowest BCUT2D eigenvalue weighted by atomic mass is 10.1. The molecule has 0 aliphatic heterocycles. The molecule has 0 atom stereocenters. The van der Waals surface area contributed by atoms with Crippen LogP contribution in [0.3, 0.4) is 0 Å². The van der Waals surface area contributed by atoms with Gasteiger partial charge in [0.15, 0.2) is 11.5 Å². The Hall–Kier alpha value is -3.40. The van der Waals surface area contributed by atoms with Crippen molar-refractivity contribution in [1.29, 1.82) is 5.26 Å². The lowest BCUT2D eigenvalue weighted by molar-refractivity contribution is -0.112. The fourth-order valence-electron chi connectivity index (χ4n) is 2.35. The number of aryl methyl sites for hydroxylation is 2. The third-order valence-electron chi connectivity index (χ3n) is 3.72. The van der Waals surface area contributed by atoms with Crippen LogP contribution in [-0.2, 0) is 4.79 Å². The summed E-state index contributed by atoms with van der Waals surface area (Å²) in [5, 5.41) is 12.0. The van der Waals surface area contributed by atoms with Gasteiger partial charge in [-0.15, -0.1) is 0 Å². The Labute approximate surface area is 155 Å². The van der Waals surface area contributed by atoms with Crippen molar-refractivity contribution in [3.63, 3.8) is 0 Å². The summed E-state index contributed by atoms with van der Waals surface area (Å²) in [6.45, 7) is 0.696. The Balaban J connectivity index is 2.31. The van der Waals surface area contributed by atoms with Crippen LogP contribution in [0, 0.1) is 25.2 Å². The summed E-state index contributed by atoms with van der Waals surface area (Å²) in [6, 6.07) is 11.6. The summed E-state index contributed by atoms with van der Waals surface area (Å²) in [5.74, 6) is -0.669. The van der Waals surface area contributed by atoms with Gasteiger partial charge in [-0.3, -0.25) is 4.79 Å². The first kappa shape index (κ1) is 19.9. The normalized spacial score (nSPS) is 11.1. The molecule has 1 N–H and O–H groups in total. The number of nitrogens with zero attached hydrogens (tertiary/aromatic N) is 1. The average Bonchev–Trinajstić information content (AvgIpc) is 2.62. The molecule has 2 aromatic carbocycles. The van der Waals surface area contributed by atoms with Crippen molar-refractivity contribution in [2.75, 3.05) is 12.4 Å². The first-order chi connectivity index (χ1) is 12.8. The molecule has 0 aliphatic carbocycles. The number of carbonyl (C=O) groups excluding carboxylic acids is 1. The Morgan fingerprint density at radius 3 is 2.56 bits per heavy atom.